The van der Waals surface area contributed by atoms with Crippen molar-refractivity contribution in [2.75, 3.05) is 5.32 Å². The average Bonchev–Trinajstić information content (AvgIpc) is 2.22. The van der Waals surface area contributed by atoms with Gasteiger partial charge in [-0.25, -0.2) is 9.97 Å². The SMILES string of the molecule is CC1(Nc2ncc(Br)cn2)CC=CCC1. The third-order valence-corrected chi connectivity index (χ3v) is 3.04. The van der Waals surface area contributed by atoms with Crippen molar-refractivity contribution in [3.8, 4) is 0 Å². The van der Waals surface area contributed by atoms with Gasteiger partial charge in [0, 0.05) is 17.9 Å². The second-order valence-corrected chi connectivity index (χ2v) is 5.04. The van der Waals surface area contributed by atoms with Gasteiger partial charge in [-0.1, -0.05) is 12.2 Å². The van der Waals surface area contributed by atoms with E-state index in [0.29, 0.717) is 5.95 Å². The minimum absolute atomic E-state index is 0.0998. The summed E-state index contributed by atoms with van der Waals surface area (Å²) in [6, 6.07) is 0. The van der Waals surface area contributed by atoms with E-state index in [0.717, 1.165) is 23.7 Å². The molecule has 1 N–H and O–H groups in total. The van der Waals surface area contributed by atoms with Crippen molar-refractivity contribution in [3.05, 3.63) is 29.0 Å². The van der Waals surface area contributed by atoms with Gasteiger partial charge < -0.3 is 5.32 Å². The zero-order valence-corrected chi connectivity index (χ0v) is 10.3. The number of rotatable bonds is 2. The molecule has 0 saturated carbocycles. The lowest BCUT2D eigenvalue weighted by Crippen LogP contribution is -2.36. The summed E-state index contributed by atoms with van der Waals surface area (Å²) in [5.74, 6) is 0.705. The molecule has 0 fully saturated rings. The van der Waals surface area contributed by atoms with Crippen LogP contribution in [-0.2, 0) is 0 Å². The van der Waals surface area contributed by atoms with Crippen LogP contribution >= 0.6 is 15.9 Å². The number of halogens is 1. The van der Waals surface area contributed by atoms with Crippen LogP contribution in [0.2, 0.25) is 0 Å². The molecule has 4 heteroatoms. The van der Waals surface area contributed by atoms with Gasteiger partial charge in [-0.05, 0) is 42.1 Å². The van der Waals surface area contributed by atoms with Crippen molar-refractivity contribution in [1.82, 2.24) is 9.97 Å². The lowest BCUT2D eigenvalue weighted by molar-refractivity contribution is 0.462. The summed E-state index contributed by atoms with van der Waals surface area (Å²) in [5.41, 5.74) is 0.0998. The predicted octanol–water partition coefficient (Wildman–Crippen LogP) is 3.15. The van der Waals surface area contributed by atoms with Crippen molar-refractivity contribution < 1.29 is 0 Å². The Kier molecular flexibility index (Phi) is 3.05. The highest BCUT2D eigenvalue weighted by Gasteiger charge is 2.24. The molecule has 1 aliphatic carbocycles. The molecule has 1 atom stereocenters. The summed E-state index contributed by atoms with van der Waals surface area (Å²) in [7, 11) is 0. The first-order valence-electron chi connectivity index (χ1n) is 5.09. The van der Waals surface area contributed by atoms with Crippen LogP contribution in [0.3, 0.4) is 0 Å². The van der Waals surface area contributed by atoms with E-state index in [4.69, 9.17) is 0 Å². The van der Waals surface area contributed by atoms with Gasteiger partial charge >= 0.3 is 0 Å². The molecule has 0 spiro atoms. The molecule has 0 bridgehead atoms. The Morgan fingerprint density at radius 3 is 2.67 bits per heavy atom. The highest BCUT2D eigenvalue weighted by atomic mass is 79.9. The molecule has 0 amide bonds. The fourth-order valence-corrected chi connectivity index (χ4v) is 1.93. The van der Waals surface area contributed by atoms with Gasteiger partial charge in [0.05, 0.1) is 4.47 Å². The molecule has 80 valence electrons. The van der Waals surface area contributed by atoms with E-state index in [2.05, 4.69) is 50.3 Å². The molecule has 0 aromatic carbocycles. The zero-order valence-electron chi connectivity index (χ0n) is 8.70. The third kappa shape index (κ3) is 2.78. The molecule has 1 aromatic heterocycles. The van der Waals surface area contributed by atoms with Gasteiger partial charge in [-0.3, -0.25) is 0 Å². The molecule has 1 aliphatic rings. The molecule has 1 unspecified atom stereocenters. The summed E-state index contributed by atoms with van der Waals surface area (Å²) in [5, 5.41) is 3.39. The Labute approximate surface area is 98.1 Å². The largest absolute Gasteiger partial charge is 0.349 e. The molecule has 15 heavy (non-hydrogen) atoms. The van der Waals surface area contributed by atoms with Gasteiger partial charge in [-0.15, -0.1) is 0 Å². The summed E-state index contributed by atoms with van der Waals surface area (Å²) >= 11 is 3.32. The van der Waals surface area contributed by atoms with Gasteiger partial charge in [0.25, 0.3) is 0 Å². The minimum atomic E-state index is 0.0998. The van der Waals surface area contributed by atoms with Crippen molar-refractivity contribution in [1.29, 1.82) is 0 Å². The molecule has 0 saturated heterocycles. The van der Waals surface area contributed by atoms with Crippen LogP contribution in [-0.4, -0.2) is 15.5 Å². The van der Waals surface area contributed by atoms with Gasteiger partial charge in [-0.2, -0.15) is 0 Å². The molecule has 3 nitrogen and oxygen atoms in total. The van der Waals surface area contributed by atoms with E-state index in [1.54, 1.807) is 12.4 Å². The first-order chi connectivity index (χ1) is 7.18. The summed E-state index contributed by atoms with van der Waals surface area (Å²) in [6.45, 7) is 2.21. The number of aromatic nitrogens is 2. The lowest BCUT2D eigenvalue weighted by atomic mass is 9.88. The molecular formula is C11H14BrN3. The fraction of sp³-hybridized carbons (Fsp3) is 0.455. The predicted molar refractivity (Wildman–Crippen MR) is 64.8 cm³/mol. The quantitative estimate of drug-likeness (QED) is 0.837. The standard InChI is InChI=1S/C11H14BrN3/c1-11(5-3-2-4-6-11)15-10-13-7-9(12)8-14-10/h2-3,7-8H,4-6H2,1H3,(H,13,14,15). The van der Waals surface area contributed by atoms with Gasteiger partial charge in [0.15, 0.2) is 0 Å². The van der Waals surface area contributed by atoms with Crippen molar-refractivity contribution in [2.24, 2.45) is 0 Å². The van der Waals surface area contributed by atoms with E-state index in [1.165, 1.54) is 0 Å². The monoisotopic (exact) mass is 267 g/mol. The Hall–Kier alpha value is -0.900. The van der Waals surface area contributed by atoms with Crippen molar-refractivity contribution in [3.63, 3.8) is 0 Å². The van der Waals surface area contributed by atoms with E-state index >= 15 is 0 Å². The average molecular weight is 268 g/mol. The molecule has 0 aliphatic heterocycles. The first-order valence-corrected chi connectivity index (χ1v) is 5.88. The molecule has 1 aromatic rings. The van der Waals surface area contributed by atoms with E-state index in [1.807, 2.05) is 0 Å². The number of anilines is 1. The fourth-order valence-electron chi connectivity index (χ4n) is 1.73. The summed E-state index contributed by atoms with van der Waals surface area (Å²) < 4.78 is 0.904. The van der Waals surface area contributed by atoms with Gasteiger partial charge in [0.2, 0.25) is 5.95 Å². The normalized spacial score (nSPS) is 25.2. The molecule has 0 radical (unpaired) electrons. The van der Waals surface area contributed by atoms with E-state index < -0.39 is 0 Å². The number of nitrogens with one attached hydrogen (secondary N) is 1. The maximum absolute atomic E-state index is 4.22. The Morgan fingerprint density at radius 2 is 2.07 bits per heavy atom. The van der Waals surface area contributed by atoms with E-state index in [9.17, 15) is 0 Å². The number of hydrogen-bond acceptors (Lipinski definition) is 3. The lowest BCUT2D eigenvalue weighted by Gasteiger charge is -2.31. The Morgan fingerprint density at radius 1 is 1.33 bits per heavy atom. The van der Waals surface area contributed by atoms with Crippen molar-refractivity contribution >= 4 is 21.9 Å². The van der Waals surface area contributed by atoms with Crippen molar-refractivity contribution in [2.45, 2.75) is 31.7 Å². The van der Waals surface area contributed by atoms with Crippen LogP contribution in [0.25, 0.3) is 0 Å². The second kappa shape index (κ2) is 4.31. The molecule has 2 rings (SSSR count). The zero-order chi connectivity index (χ0) is 10.7. The Bertz CT molecular complexity index is 361. The maximum atomic E-state index is 4.22. The van der Waals surface area contributed by atoms with Crippen LogP contribution in [0.15, 0.2) is 29.0 Å². The highest BCUT2D eigenvalue weighted by Crippen LogP contribution is 2.26. The maximum Gasteiger partial charge on any atom is 0.223 e. The van der Waals surface area contributed by atoms with Crippen LogP contribution in [0.4, 0.5) is 5.95 Å². The minimum Gasteiger partial charge on any atom is -0.349 e. The highest BCUT2D eigenvalue weighted by molar-refractivity contribution is 9.10. The first kappa shape index (κ1) is 10.6. The van der Waals surface area contributed by atoms with Crippen LogP contribution in [0, 0.1) is 0 Å². The molecular weight excluding hydrogens is 254 g/mol. The summed E-state index contributed by atoms with van der Waals surface area (Å²) in [6.07, 6.45) is 11.3. The Balaban J connectivity index is 2.07. The van der Waals surface area contributed by atoms with Gasteiger partial charge in [0.1, 0.15) is 0 Å². The second-order valence-electron chi connectivity index (χ2n) is 4.12. The van der Waals surface area contributed by atoms with Crippen LogP contribution in [0.1, 0.15) is 26.2 Å². The smallest absolute Gasteiger partial charge is 0.223 e. The topological polar surface area (TPSA) is 37.8 Å². The third-order valence-electron chi connectivity index (χ3n) is 2.63. The van der Waals surface area contributed by atoms with Crippen LogP contribution < -0.4 is 5.32 Å². The van der Waals surface area contributed by atoms with Crippen LogP contribution in [0.5, 0.6) is 0 Å². The summed E-state index contributed by atoms with van der Waals surface area (Å²) in [4.78, 5) is 8.45. The number of nitrogens with zero attached hydrogens (tertiary/aromatic N) is 2. The molecule has 1 heterocycles. The number of allylic oxidation sites excluding steroid dienone is 1. The number of hydrogen-bond donors (Lipinski definition) is 1. The van der Waals surface area contributed by atoms with E-state index in [-0.39, 0.29) is 5.54 Å².